The molecule has 0 aromatic heterocycles. The third kappa shape index (κ3) is 4.83. The van der Waals surface area contributed by atoms with Crippen LogP contribution in [0.1, 0.15) is 11.1 Å². The molecule has 3 rings (SSSR count). The smallest absolute Gasteiger partial charge is 0.276 e. The number of ether oxygens (including phenoxy) is 1. The number of fused-ring (bicyclic) bond motifs is 1. The van der Waals surface area contributed by atoms with Crippen molar-refractivity contribution in [2.75, 3.05) is 23.8 Å². The van der Waals surface area contributed by atoms with Gasteiger partial charge in [0.2, 0.25) is 5.91 Å². The summed E-state index contributed by atoms with van der Waals surface area (Å²) in [5, 5.41) is 0. The lowest BCUT2D eigenvalue weighted by molar-refractivity contribution is -0.129. The highest BCUT2D eigenvalue weighted by molar-refractivity contribution is 8.00. The summed E-state index contributed by atoms with van der Waals surface area (Å²) in [5.74, 6) is -0.233. The average molecular weight is 399 g/mol. The van der Waals surface area contributed by atoms with Gasteiger partial charge in [-0.05, 0) is 43.2 Å². The number of para-hydroxylation sites is 1. The average Bonchev–Trinajstić information content (AvgIpc) is 2.69. The Balaban J connectivity index is 1.50. The molecule has 8 heteroatoms. The van der Waals surface area contributed by atoms with Crippen LogP contribution in [0.2, 0.25) is 0 Å². The molecule has 146 valence electrons. The molecule has 2 N–H and O–H groups in total. The molecule has 0 aliphatic carbocycles. The monoisotopic (exact) mass is 399 g/mol. The first-order valence-corrected chi connectivity index (χ1v) is 9.72. The normalized spacial score (nSPS) is 12.9. The van der Waals surface area contributed by atoms with Gasteiger partial charge in [0.05, 0.1) is 11.4 Å². The molecule has 0 bridgehead atoms. The van der Waals surface area contributed by atoms with E-state index in [2.05, 4.69) is 10.9 Å². The van der Waals surface area contributed by atoms with Crippen LogP contribution in [-0.2, 0) is 14.4 Å². The zero-order chi connectivity index (χ0) is 20.1. The maximum atomic E-state index is 12.2. The van der Waals surface area contributed by atoms with E-state index in [9.17, 15) is 14.4 Å². The highest BCUT2D eigenvalue weighted by Gasteiger charge is 2.26. The molecule has 0 radical (unpaired) electrons. The molecule has 0 fully saturated rings. The molecular weight excluding hydrogens is 378 g/mol. The van der Waals surface area contributed by atoms with Gasteiger partial charge >= 0.3 is 0 Å². The Hall–Kier alpha value is -3.00. The number of hydrogen-bond acceptors (Lipinski definition) is 5. The van der Waals surface area contributed by atoms with Gasteiger partial charge in [-0.15, -0.1) is 11.8 Å². The number of carbonyl (C=O) groups is 3. The Morgan fingerprint density at radius 3 is 2.68 bits per heavy atom. The topological polar surface area (TPSA) is 87.7 Å². The summed E-state index contributed by atoms with van der Waals surface area (Å²) in [4.78, 5) is 38.6. The number of nitrogens with zero attached hydrogens (tertiary/aromatic N) is 1. The van der Waals surface area contributed by atoms with Crippen molar-refractivity contribution in [1.82, 2.24) is 10.9 Å². The molecule has 2 aromatic rings. The second-order valence-electron chi connectivity index (χ2n) is 6.39. The zero-order valence-corrected chi connectivity index (χ0v) is 16.5. The largest absolute Gasteiger partial charge is 0.483 e. The van der Waals surface area contributed by atoms with Crippen LogP contribution in [0.4, 0.5) is 5.69 Å². The van der Waals surface area contributed by atoms with E-state index in [1.807, 2.05) is 50.2 Å². The minimum Gasteiger partial charge on any atom is -0.483 e. The van der Waals surface area contributed by atoms with Gasteiger partial charge < -0.3 is 9.64 Å². The molecule has 1 aliphatic heterocycles. The number of hydrogen-bond donors (Lipinski definition) is 2. The van der Waals surface area contributed by atoms with Crippen LogP contribution in [0.5, 0.6) is 5.75 Å². The third-order valence-corrected chi connectivity index (χ3v) is 5.20. The van der Waals surface area contributed by atoms with Crippen molar-refractivity contribution in [2.45, 2.75) is 18.7 Å². The van der Waals surface area contributed by atoms with Gasteiger partial charge in [-0.1, -0.05) is 24.3 Å². The van der Waals surface area contributed by atoms with E-state index in [1.165, 1.54) is 16.7 Å². The van der Waals surface area contributed by atoms with Crippen molar-refractivity contribution in [3.8, 4) is 5.75 Å². The summed E-state index contributed by atoms with van der Waals surface area (Å²) in [6.07, 6.45) is 0. The molecule has 28 heavy (non-hydrogen) atoms. The highest BCUT2D eigenvalue weighted by Crippen LogP contribution is 2.34. The number of benzene rings is 2. The van der Waals surface area contributed by atoms with Crippen molar-refractivity contribution in [2.24, 2.45) is 0 Å². The van der Waals surface area contributed by atoms with Crippen molar-refractivity contribution in [3.05, 3.63) is 53.6 Å². The molecule has 2 aromatic carbocycles. The van der Waals surface area contributed by atoms with Crippen molar-refractivity contribution < 1.29 is 19.1 Å². The Morgan fingerprint density at radius 1 is 1.11 bits per heavy atom. The molecule has 7 nitrogen and oxygen atoms in total. The highest BCUT2D eigenvalue weighted by atomic mass is 32.2. The summed E-state index contributed by atoms with van der Waals surface area (Å²) >= 11 is 1.44. The number of thioether (sulfide) groups is 1. The minimum absolute atomic E-state index is 0.150. The number of aryl methyl sites for hydroxylation is 2. The first-order valence-electron chi connectivity index (χ1n) is 8.74. The Kier molecular flexibility index (Phi) is 6.20. The van der Waals surface area contributed by atoms with Crippen LogP contribution < -0.4 is 20.5 Å². The van der Waals surface area contributed by atoms with E-state index in [4.69, 9.17) is 4.74 Å². The van der Waals surface area contributed by atoms with Gasteiger partial charge in [-0.25, -0.2) is 0 Å². The van der Waals surface area contributed by atoms with Gasteiger partial charge in [0.25, 0.3) is 11.8 Å². The summed E-state index contributed by atoms with van der Waals surface area (Å²) in [6, 6.07) is 13.1. The van der Waals surface area contributed by atoms with Crippen LogP contribution in [0.3, 0.4) is 0 Å². The van der Waals surface area contributed by atoms with Gasteiger partial charge in [0.1, 0.15) is 12.3 Å². The maximum absolute atomic E-state index is 12.2. The number of carbonyl (C=O) groups excluding carboxylic acids is 3. The lowest BCUT2D eigenvalue weighted by atomic mass is 10.1. The van der Waals surface area contributed by atoms with Gasteiger partial charge in [-0.3, -0.25) is 25.2 Å². The van der Waals surface area contributed by atoms with Crippen LogP contribution in [-0.4, -0.2) is 36.6 Å². The molecule has 1 aliphatic rings. The fourth-order valence-corrected chi connectivity index (χ4v) is 3.63. The van der Waals surface area contributed by atoms with Gasteiger partial charge in [0, 0.05) is 4.90 Å². The van der Waals surface area contributed by atoms with Crippen LogP contribution in [0, 0.1) is 13.8 Å². The van der Waals surface area contributed by atoms with E-state index in [1.54, 1.807) is 6.07 Å². The Labute approximate surface area is 167 Å². The number of rotatable bonds is 5. The van der Waals surface area contributed by atoms with Gasteiger partial charge in [-0.2, -0.15) is 0 Å². The molecule has 3 amide bonds. The summed E-state index contributed by atoms with van der Waals surface area (Å²) < 4.78 is 5.49. The van der Waals surface area contributed by atoms with Gasteiger partial charge in [0.15, 0.2) is 6.61 Å². The van der Waals surface area contributed by atoms with E-state index < -0.39 is 11.8 Å². The fraction of sp³-hybridized carbons (Fsp3) is 0.250. The van der Waals surface area contributed by atoms with Crippen LogP contribution in [0.15, 0.2) is 47.4 Å². The standard InChI is InChI=1S/C20H21N3O4S/c1-13-7-8-14(2)16(9-13)27-11-19(25)22-21-18(24)10-23-15-5-3-4-6-17(15)28-12-20(23)26/h3-9H,10-12H2,1-2H3,(H,21,24)(H,22,25). The van der Waals surface area contributed by atoms with Crippen LogP contribution in [0.25, 0.3) is 0 Å². The lowest BCUT2D eigenvalue weighted by Gasteiger charge is -2.28. The van der Waals surface area contributed by atoms with E-state index in [0.717, 1.165) is 16.0 Å². The van der Waals surface area contributed by atoms with E-state index in [-0.39, 0.29) is 24.8 Å². The SMILES string of the molecule is Cc1ccc(C)c(OCC(=O)NNC(=O)CN2C(=O)CSc3ccccc32)c1. The number of amides is 3. The molecule has 0 atom stereocenters. The molecule has 0 saturated carbocycles. The van der Waals surface area contributed by atoms with Crippen LogP contribution >= 0.6 is 11.8 Å². The third-order valence-electron chi connectivity index (χ3n) is 4.15. The maximum Gasteiger partial charge on any atom is 0.276 e. The minimum atomic E-state index is -0.491. The lowest BCUT2D eigenvalue weighted by Crippen LogP contribution is -2.49. The second-order valence-corrected chi connectivity index (χ2v) is 7.41. The molecule has 0 saturated heterocycles. The van der Waals surface area contributed by atoms with Crippen molar-refractivity contribution >= 4 is 35.2 Å². The number of nitrogens with one attached hydrogen (secondary N) is 2. The molecule has 0 spiro atoms. The first kappa shape index (κ1) is 19.8. The summed E-state index contributed by atoms with van der Waals surface area (Å²) in [6.45, 7) is 3.42. The Bertz CT molecular complexity index is 916. The summed E-state index contributed by atoms with van der Waals surface area (Å²) in [7, 11) is 0. The van der Waals surface area contributed by atoms with E-state index in [0.29, 0.717) is 11.4 Å². The van der Waals surface area contributed by atoms with Crippen molar-refractivity contribution in [3.63, 3.8) is 0 Å². The Morgan fingerprint density at radius 2 is 1.86 bits per heavy atom. The first-order chi connectivity index (χ1) is 13.4. The van der Waals surface area contributed by atoms with E-state index >= 15 is 0 Å². The second kappa shape index (κ2) is 8.79. The molecule has 1 heterocycles. The number of anilines is 1. The zero-order valence-electron chi connectivity index (χ0n) is 15.7. The molecular formula is C20H21N3O4S. The van der Waals surface area contributed by atoms with Crippen molar-refractivity contribution in [1.29, 1.82) is 0 Å². The fourth-order valence-electron chi connectivity index (χ4n) is 2.69. The predicted octanol–water partition coefficient (Wildman–Crippen LogP) is 1.97. The predicted molar refractivity (Wildman–Crippen MR) is 107 cm³/mol. The number of hydrazine groups is 1. The molecule has 0 unspecified atom stereocenters. The summed E-state index contributed by atoms with van der Waals surface area (Å²) in [5.41, 5.74) is 7.28. The quantitative estimate of drug-likeness (QED) is 0.751.